The predicted molar refractivity (Wildman–Crippen MR) is 137 cm³/mol. The summed E-state index contributed by atoms with van der Waals surface area (Å²) in [5.41, 5.74) is 14.1. The number of hydrogen-bond acceptors (Lipinski definition) is 9. The van der Waals surface area contributed by atoms with Gasteiger partial charge in [0.05, 0.1) is 23.9 Å². The van der Waals surface area contributed by atoms with Crippen molar-refractivity contribution in [1.82, 2.24) is 19.9 Å². The van der Waals surface area contributed by atoms with Crippen molar-refractivity contribution in [2.75, 3.05) is 30.3 Å². The minimum absolute atomic E-state index is 0.0560. The second-order valence-electron chi connectivity index (χ2n) is 8.88. The zero-order valence-corrected chi connectivity index (χ0v) is 20.9. The molecule has 2 aliphatic heterocycles. The summed E-state index contributed by atoms with van der Waals surface area (Å²) in [5.74, 6) is 7.17. The lowest BCUT2D eigenvalue weighted by Crippen LogP contribution is -2.50. The summed E-state index contributed by atoms with van der Waals surface area (Å²) in [6.45, 7) is 4.48. The van der Waals surface area contributed by atoms with E-state index in [0.29, 0.717) is 21.6 Å². The van der Waals surface area contributed by atoms with Crippen molar-refractivity contribution in [3.05, 3.63) is 59.3 Å². The minimum Gasteiger partial charge on any atom is -0.381 e. The molecule has 8 nitrogen and oxygen atoms in total. The molecule has 0 aromatic carbocycles. The maximum atomic E-state index is 6.59. The van der Waals surface area contributed by atoms with Gasteiger partial charge >= 0.3 is 0 Å². The Morgan fingerprint density at radius 3 is 2.69 bits per heavy atom. The van der Waals surface area contributed by atoms with E-state index < -0.39 is 0 Å². The highest BCUT2D eigenvalue weighted by Crippen LogP contribution is 2.42. The smallest absolute Gasteiger partial charge is 0.158 e. The molecule has 5 heterocycles. The average Bonchev–Trinajstić information content (AvgIpc) is 3.15. The molecule has 1 spiro atoms. The van der Waals surface area contributed by atoms with Crippen LogP contribution in [-0.4, -0.2) is 51.8 Å². The van der Waals surface area contributed by atoms with Gasteiger partial charge in [-0.1, -0.05) is 29.3 Å². The van der Waals surface area contributed by atoms with Crippen LogP contribution >= 0.6 is 23.4 Å². The van der Waals surface area contributed by atoms with Gasteiger partial charge in [0.15, 0.2) is 5.82 Å². The number of ether oxygens (including phenoxy) is 1. The SMILES string of the molecule is C[C@@H]1OCC2(CCN(c3cnc(Sc4ccnc(C#Cc5cccnc5)c4Cl)c(N)n3)CC2)[C@@H]1N. The van der Waals surface area contributed by atoms with E-state index in [-0.39, 0.29) is 17.6 Å². The molecular formula is C25H26ClN7OS. The average molecular weight is 508 g/mol. The van der Waals surface area contributed by atoms with E-state index in [1.165, 1.54) is 11.8 Å². The van der Waals surface area contributed by atoms with Crippen LogP contribution in [0.15, 0.2) is 52.9 Å². The standard InChI is InChI=1S/C25H26ClN7OS/c1-16-22(27)25(15-34-16)7-11-33(12-8-25)20-14-31-24(23(28)32-20)35-19-6-10-30-18(21(19)26)5-4-17-3-2-9-29-13-17/h2-3,6,9-10,13-14,16,22H,7-8,11-12,15,27H2,1H3,(H2,28,32)/t16-,22+/m0/s1. The van der Waals surface area contributed by atoms with Crippen LogP contribution in [0.1, 0.15) is 31.0 Å². The Kier molecular flexibility index (Phi) is 6.80. The zero-order chi connectivity index (χ0) is 24.4. The lowest BCUT2D eigenvalue weighted by molar-refractivity contribution is 0.0974. The van der Waals surface area contributed by atoms with Gasteiger partial charge in [-0.3, -0.25) is 4.98 Å². The number of hydrogen-bond donors (Lipinski definition) is 2. The number of anilines is 2. The van der Waals surface area contributed by atoms with Crippen LogP contribution in [0.25, 0.3) is 0 Å². The first-order valence-electron chi connectivity index (χ1n) is 11.4. The summed E-state index contributed by atoms with van der Waals surface area (Å²) >= 11 is 7.94. The van der Waals surface area contributed by atoms with Gasteiger partial charge in [0.25, 0.3) is 0 Å². The molecule has 3 aromatic heterocycles. The summed E-state index contributed by atoms with van der Waals surface area (Å²) in [7, 11) is 0. The Balaban J connectivity index is 1.28. The van der Waals surface area contributed by atoms with Crippen LogP contribution in [0.4, 0.5) is 11.6 Å². The highest BCUT2D eigenvalue weighted by Gasteiger charge is 2.47. The van der Waals surface area contributed by atoms with E-state index in [9.17, 15) is 0 Å². The molecule has 10 heteroatoms. The summed E-state index contributed by atoms with van der Waals surface area (Å²) in [5, 5.41) is 1.03. The number of nitrogens with two attached hydrogens (primary N) is 2. The lowest BCUT2D eigenvalue weighted by Gasteiger charge is -2.41. The Morgan fingerprint density at radius 1 is 1.17 bits per heavy atom. The van der Waals surface area contributed by atoms with Gasteiger partial charge in [-0.15, -0.1) is 0 Å². The van der Waals surface area contributed by atoms with E-state index in [1.54, 1.807) is 24.8 Å². The Labute approximate surface area is 213 Å². The van der Waals surface area contributed by atoms with Crippen molar-refractivity contribution in [3.8, 4) is 11.8 Å². The fraction of sp³-hybridized carbons (Fsp3) is 0.360. The number of rotatable bonds is 3. The molecule has 0 saturated carbocycles. The van der Waals surface area contributed by atoms with Gasteiger partial charge in [-0.05, 0) is 43.9 Å². The first-order chi connectivity index (χ1) is 16.9. The largest absolute Gasteiger partial charge is 0.381 e. The Hall–Kier alpha value is -2.90. The third-order valence-corrected chi connectivity index (χ3v) is 8.29. The fourth-order valence-electron chi connectivity index (χ4n) is 4.53. The molecular weight excluding hydrogens is 482 g/mol. The van der Waals surface area contributed by atoms with E-state index in [0.717, 1.165) is 48.8 Å². The molecule has 5 rings (SSSR count). The van der Waals surface area contributed by atoms with Gasteiger partial charge in [-0.2, -0.15) is 0 Å². The number of nitrogen functional groups attached to an aromatic ring is 1. The third-order valence-electron chi connectivity index (χ3n) is 6.73. The summed E-state index contributed by atoms with van der Waals surface area (Å²) in [6.07, 6.45) is 8.86. The highest BCUT2D eigenvalue weighted by atomic mass is 35.5. The maximum absolute atomic E-state index is 6.59. The van der Waals surface area contributed by atoms with Gasteiger partial charge in [0, 0.05) is 53.6 Å². The molecule has 0 unspecified atom stereocenters. The molecule has 2 atom stereocenters. The molecule has 4 N–H and O–H groups in total. The van der Waals surface area contributed by atoms with E-state index in [1.807, 2.05) is 18.2 Å². The quantitative estimate of drug-likeness (QED) is 0.514. The van der Waals surface area contributed by atoms with E-state index >= 15 is 0 Å². The maximum Gasteiger partial charge on any atom is 0.158 e. The Bertz CT molecular complexity index is 1270. The zero-order valence-electron chi connectivity index (χ0n) is 19.3. The van der Waals surface area contributed by atoms with Crippen molar-refractivity contribution in [1.29, 1.82) is 0 Å². The van der Waals surface area contributed by atoms with E-state index in [4.69, 9.17) is 27.8 Å². The van der Waals surface area contributed by atoms with Gasteiger partial charge in [-0.25, -0.2) is 15.0 Å². The summed E-state index contributed by atoms with van der Waals surface area (Å²) in [6, 6.07) is 5.60. The van der Waals surface area contributed by atoms with Gasteiger partial charge < -0.3 is 21.1 Å². The molecule has 0 amide bonds. The van der Waals surface area contributed by atoms with Crippen molar-refractivity contribution in [2.45, 2.75) is 41.8 Å². The molecule has 35 heavy (non-hydrogen) atoms. The molecule has 3 aromatic rings. The normalized spacial score (nSPS) is 21.1. The molecule has 0 bridgehead atoms. The molecule has 2 fully saturated rings. The second kappa shape index (κ2) is 9.99. The number of nitrogens with zero attached hydrogens (tertiary/aromatic N) is 5. The van der Waals surface area contributed by atoms with Gasteiger partial charge in [0.2, 0.25) is 0 Å². The molecule has 2 saturated heterocycles. The van der Waals surface area contributed by atoms with E-state index in [2.05, 4.69) is 43.6 Å². The topological polar surface area (TPSA) is 116 Å². The predicted octanol–water partition coefficient (Wildman–Crippen LogP) is 3.39. The third kappa shape index (κ3) is 4.93. The molecule has 0 radical (unpaired) electrons. The van der Waals surface area contributed by atoms with Crippen molar-refractivity contribution >= 4 is 35.0 Å². The molecule has 180 valence electrons. The minimum atomic E-state index is 0.0560. The van der Waals surface area contributed by atoms with Crippen molar-refractivity contribution in [3.63, 3.8) is 0 Å². The van der Waals surface area contributed by atoms with Crippen molar-refractivity contribution in [2.24, 2.45) is 11.1 Å². The van der Waals surface area contributed by atoms with Gasteiger partial charge in [0.1, 0.15) is 16.5 Å². The van der Waals surface area contributed by atoms with Crippen LogP contribution in [-0.2, 0) is 4.74 Å². The number of halogens is 1. The fourth-order valence-corrected chi connectivity index (χ4v) is 5.59. The summed E-state index contributed by atoms with van der Waals surface area (Å²) in [4.78, 5) is 20.6. The van der Waals surface area contributed by atoms with Crippen LogP contribution in [0, 0.1) is 17.3 Å². The molecule has 2 aliphatic rings. The van der Waals surface area contributed by atoms with Crippen LogP contribution in [0.3, 0.4) is 0 Å². The van der Waals surface area contributed by atoms with Crippen LogP contribution in [0.5, 0.6) is 0 Å². The second-order valence-corrected chi connectivity index (χ2v) is 10.3. The monoisotopic (exact) mass is 507 g/mol. The molecule has 0 aliphatic carbocycles. The lowest BCUT2D eigenvalue weighted by atomic mass is 9.73. The van der Waals surface area contributed by atoms with Crippen molar-refractivity contribution < 1.29 is 4.74 Å². The highest BCUT2D eigenvalue weighted by molar-refractivity contribution is 7.99. The van der Waals surface area contributed by atoms with Crippen LogP contribution in [0.2, 0.25) is 5.02 Å². The number of piperidine rings is 1. The Morgan fingerprint density at radius 2 is 2.00 bits per heavy atom. The first kappa shape index (κ1) is 23.8. The number of aromatic nitrogens is 4. The number of pyridine rings is 2. The first-order valence-corrected chi connectivity index (χ1v) is 12.6. The van der Waals surface area contributed by atoms with Crippen LogP contribution < -0.4 is 16.4 Å². The summed E-state index contributed by atoms with van der Waals surface area (Å²) < 4.78 is 5.83.